The van der Waals surface area contributed by atoms with Gasteiger partial charge in [0, 0.05) is 25.4 Å². The second-order valence-electron chi connectivity index (χ2n) is 4.58. The van der Waals surface area contributed by atoms with Crippen LogP contribution in [0.25, 0.3) is 0 Å². The van der Waals surface area contributed by atoms with Gasteiger partial charge in [-0.05, 0) is 31.2 Å². The fourth-order valence-electron chi connectivity index (χ4n) is 2.06. The van der Waals surface area contributed by atoms with Crippen molar-refractivity contribution in [3.05, 3.63) is 29.8 Å². The van der Waals surface area contributed by atoms with Crippen LogP contribution in [-0.2, 0) is 4.74 Å². The van der Waals surface area contributed by atoms with Gasteiger partial charge in [0.05, 0.1) is 12.7 Å². The van der Waals surface area contributed by atoms with Gasteiger partial charge >= 0.3 is 0 Å². The third-order valence-electron chi connectivity index (χ3n) is 3.14. The van der Waals surface area contributed by atoms with E-state index in [4.69, 9.17) is 10.5 Å². The molecular formula is C14H24N2O2. The van der Waals surface area contributed by atoms with Crippen LogP contribution in [-0.4, -0.2) is 42.9 Å². The van der Waals surface area contributed by atoms with Crippen molar-refractivity contribution in [2.45, 2.75) is 26.0 Å². The predicted molar refractivity (Wildman–Crippen MR) is 74.4 cm³/mol. The molecule has 1 aromatic rings. The molecule has 0 heterocycles. The average Bonchev–Trinajstić information content (AvgIpc) is 2.35. The molecule has 0 saturated heterocycles. The highest BCUT2D eigenvalue weighted by atomic mass is 16.5. The number of nitrogens with zero attached hydrogens (tertiary/aromatic N) is 1. The van der Waals surface area contributed by atoms with Crippen molar-refractivity contribution in [2.24, 2.45) is 0 Å². The molecule has 2 unspecified atom stereocenters. The lowest BCUT2D eigenvalue weighted by Gasteiger charge is -2.29. The maximum absolute atomic E-state index is 10.2. The lowest BCUT2D eigenvalue weighted by Crippen LogP contribution is -2.38. The highest BCUT2D eigenvalue weighted by molar-refractivity contribution is 5.41. The number of nitrogens with two attached hydrogens (primary N) is 1. The van der Waals surface area contributed by atoms with Gasteiger partial charge in [-0.3, -0.25) is 4.90 Å². The van der Waals surface area contributed by atoms with Crippen molar-refractivity contribution in [1.82, 2.24) is 4.90 Å². The van der Waals surface area contributed by atoms with Crippen molar-refractivity contribution in [3.63, 3.8) is 0 Å². The molecule has 18 heavy (non-hydrogen) atoms. The Morgan fingerprint density at radius 3 is 2.72 bits per heavy atom. The predicted octanol–water partition coefficient (Wildman–Crippen LogP) is 1.66. The number of hydrogen-bond donors (Lipinski definition) is 2. The van der Waals surface area contributed by atoms with Crippen molar-refractivity contribution < 1.29 is 9.84 Å². The van der Waals surface area contributed by atoms with Crippen molar-refractivity contribution in [3.8, 4) is 0 Å². The molecule has 4 nitrogen and oxygen atoms in total. The average molecular weight is 252 g/mol. The number of likely N-dealkylation sites (N-methyl/N-ethyl adjacent to an activating group) is 1. The van der Waals surface area contributed by atoms with Gasteiger partial charge in [0.15, 0.2) is 0 Å². The Morgan fingerprint density at radius 2 is 2.17 bits per heavy atom. The van der Waals surface area contributed by atoms with E-state index >= 15 is 0 Å². The van der Waals surface area contributed by atoms with E-state index in [9.17, 15) is 5.11 Å². The third kappa shape index (κ3) is 4.29. The normalized spacial score (nSPS) is 14.7. The highest BCUT2D eigenvalue weighted by Gasteiger charge is 2.17. The fourth-order valence-corrected chi connectivity index (χ4v) is 2.06. The number of ether oxygens (including phenoxy) is 1. The van der Waals surface area contributed by atoms with Crippen LogP contribution in [0.3, 0.4) is 0 Å². The molecule has 2 atom stereocenters. The van der Waals surface area contributed by atoms with Crippen LogP contribution in [0.4, 0.5) is 5.69 Å². The summed E-state index contributed by atoms with van der Waals surface area (Å²) >= 11 is 0. The molecule has 0 amide bonds. The zero-order chi connectivity index (χ0) is 13.5. The van der Waals surface area contributed by atoms with Gasteiger partial charge < -0.3 is 15.6 Å². The van der Waals surface area contributed by atoms with Crippen molar-refractivity contribution in [2.75, 3.05) is 32.5 Å². The van der Waals surface area contributed by atoms with E-state index in [1.165, 1.54) is 0 Å². The Morgan fingerprint density at radius 1 is 1.44 bits per heavy atom. The summed E-state index contributed by atoms with van der Waals surface area (Å²) in [5.41, 5.74) is 7.26. The summed E-state index contributed by atoms with van der Waals surface area (Å²) in [6.45, 7) is 6.31. The van der Waals surface area contributed by atoms with Crippen LogP contribution in [0.2, 0.25) is 0 Å². The zero-order valence-corrected chi connectivity index (χ0v) is 11.5. The summed E-state index contributed by atoms with van der Waals surface area (Å²) in [5, 5.41) is 10.2. The Labute approximate surface area is 109 Å². The van der Waals surface area contributed by atoms with Gasteiger partial charge in [-0.15, -0.1) is 0 Å². The molecule has 1 aromatic carbocycles. The van der Waals surface area contributed by atoms with E-state index in [0.717, 1.165) is 12.1 Å². The minimum Gasteiger partial charge on any atom is -0.399 e. The second kappa shape index (κ2) is 7.36. The van der Waals surface area contributed by atoms with Gasteiger partial charge in [0.1, 0.15) is 0 Å². The van der Waals surface area contributed by atoms with Crippen LogP contribution in [0.15, 0.2) is 24.3 Å². The first-order valence-electron chi connectivity index (χ1n) is 6.35. The quantitative estimate of drug-likeness (QED) is 0.725. The largest absolute Gasteiger partial charge is 0.399 e. The molecule has 0 fully saturated rings. The summed E-state index contributed by atoms with van der Waals surface area (Å²) in [6.07, 6.45) is -0.521. The van der Waals surface area contributed by atoms with Gasteiger partial charge in [0.25, 0.3) is 0 Å². The summed E-state index contributed by atoms with van der Waals surface area (Å²) in [4.78, 5) is 2.19. The molecular weight excluding hydrogens is 228 g/mol. The van der Waals surface area contributed by atoms with Crippen LogP contribution in [0, 0.1) is 0 Å². The third-order valence-corrected chi connectivity index (χ3v) is 3.14. The van der Waals surface area contributed by atoms with E-state index in [1.807, 2.05) is 24.3 Å². The SMILES string of the molecule is CCN(CC(O)c1cccc(N)c1)C(C)COC. The maximum atomic E-state index is 10.2. The smallest absolute Gasteiger partial charge is 0.0917 e. The molecule has 0 aliphatic heterocycles. The lowest BCUT2D eigenvalue weighted by molar-refractivity contribution is 0.0582. The van der Waals surface area contributed by atoms with E-state index in [1.54, 1.807) is 7.11 Å². The van der Waals surface area contributed by atoms with Crippen molar-refractivity contribution >= 4 is 5.69 Å². The van der Waals surface area contributed by atoms with Gasteiger partial charge in [0.2, 0.25) is 0 Å². The first-order valence-corrected chi connectivity index (χ1v) is 6.35. The molecule has 0 bridgehead atoms. The molecule has 4 heteroatoms. The summed E-state index contributed by atoms with van der Waals surface area (Å²) in [6, 6.07) is 7.69. The number of nitrogen functional groups attached to an aromatic ring is 1. The second-order valence-corrected chi connectivity index (χ2v) is 4.58. The van der Waals surface area contributed by atoms with E-state index in [2.05, 4.69) is 18.7 Å². The number of aliphatic hydroxyl groups excluding tert-OH is 1. The van der Waals surface area contributed by atoms with E-state index in [-0.39, 0.29) is 6.04 Å². The molecule has 3 N–H and O–H groups in total. The molecule has 0 aromatic heterocycles. The van der Waals surface area contributed by atoms with E-state index in [0.29, 0.717) is 18.8 Å². The van der Waals surface area contributed by atoms with Crippen LogP contribution in [0.1, 0.15) is 25.5 Å². The van der Waals surface area contributed by atoms with Gasteiger partial charge in [-0.2, -0.15) is 0 Å². The first-order chi connectivity index (χ1) is 8.58. The molecule has 0 spiro atoms. The van der Waals surface area contributed by atoms with Gasteiger partial charge in [-0.1, -0.05) is 19.1 Å². The monoisotopic (exact) mass is 252 g/mol. The molecule has 0 aliphatic rings. The topological polar surface area (TPSA) is 58.7 Å². The minimum atomic E-state index is -0.521. The number of hydrogen-bond acceptors (Lipinski definition) is 4. The molecule has 0 radical (unpaired) electrons. The summed E-state index contributed by atoms with van der Waals surface area (Å²) < 4.78 is 5.15. The Bertz CT molecular complexity index is 357. The van der Waals surface area contributed by atoms with E-state index < -0.39 is 6.10 Å². The minimum absolute atomic E-state index is 0.288. The first kappa shape index (κ1) is 15.0. The van der Waals surface area contributed by atoms with Crippen LogP contribution >= 0.6 is 0 Å². The molecule has 0 saturated carbocycles. The fraction of sp³-hybridized carbons (Fsp3) is 0.571. The van der Waals surface area contributed by atoms with Crippen molar-refractivity contribution in [1.29, 1.82) is 0 Å². The molecule has 1 rings (SSSR count). The maximum Gasteiger partial charge on any atom is 0.0917 e. The number of methoxy groups -OCH3 is 1. The Balaban J connectivity index is 2.64. The number of rotatable bonds is 7. The standard InChI is InChI=1S/C14H24N2O2/c1-4-16(11(2)10-18-3)9-14(17)12-6-5-7-13(15)8-12/h5-8,11,14,17H,4,9-10,15H2,1-3H3. The number of aliphatic hydroxyl groups is 1. The number of anilines is 1. The Kier molecular flexibility index (Phi) is 6.12. The number of benzene rings is 1. The Hall–Kier alpha value is -1.10. The lowest BCUT2D eigenvalue weighted by atomic mass is 10.1. The van der Waals surface area contributed by atoms with Crippen LogP contribution < -0.4 is 5.73 Å². The van der Waals surface area contributed by atoms with Crippen LogP contribution in [0.5, 0.6) is 0 Å². The zero-order valence-electron chi connectivity index (χ0n) is 11.5. The highest BCUT2D eigenvalue weighted by Crippen LogP contribution is 2.17. The molecule has 102 valence electrons. The van der Waals surface area contributed by atoms with Gasteiger partial charge in [-0.25, -0.2) is 0 Å². The summed E-state index contributed by atoms with van der Waals surface area (Å²) in [5.74, 6) is 0. The molecule has 0 aliphatic carbocycles. The summed E-state index contributed by atoms with van der Waals surface area (Å²) in [7, 11) is 1.69.